The fraction of sp³-hybridized carbons (Fsp3) is 0.167. The minimum absolute atomic E-state index is 0.102. The Kier molecular flexibility index (Phi) is 5.73. The molecule has 3 rings (SSSR count). The SMILES string of the molecule is Cc1cccc(-c2nnc(SCC(=O)NCc3ccc(Cl)cc3)o2)c1. The average Bonchev–Trinajstić information content (AvgIpc) is 3.08. The van der Waals surface area contributed by atoms with Gasteiger partial charge in [0.1, 0.15) is 0 Å². The van der Waals surface area contributed by atoms with Gasteiger partial charge in [0, 0.05) is 17.1 Å². The molecule has 0 saturated carbocycles. The molecule has 1 aromatic heterocycles. The fourth-order valence-corrected chi connectivity index (χ4v) is 2.86. The Morgan fingerprint density at radius 1 is 1.20 bits per heavy atom. The van der Waals surface area contributed by atoms with Crippen LogP contribution in [0.4, 0.5) is 0 Å². The molecule has 25 heavy (non-hydrogen) atoms. The third-order valence-corrected chi connectivity index (χ3v) is 4.47. The number of hydrogen-bond acceptors (Lipinski definition) is 5. The van der Waals surface area contributed by atoms with Gasteiger partial charge in [0.25, 0.3) is 5.22 Å². The number of nitrogens with zero attached hydrogens (tertiary/aromatic N) is 2. The summed E-state index contributed by atoms with van der Waals surface area (Å²) in [4.78, 5) is 11.9. The van der Waals surface area contributed by atoms with Crippen LogP contribution >= 0.6 is 23.4 Å². The number of halogens is 1. The van der Waals surface area contributed by atoms with Crippen molar-refractivity contribution < 1.29 is 9.21 Å². The number of hydrogen-bond donors (Lipinski definition) is 1. The summed E-state index contributed by atoms with van der Waals surface area (Å²) in [6.07, 6.45) is 0. The van der Waals surface area contributed by atoms with Crippen LogP contribution < -0.4 is 5.32 Å². The van der Waals surface area contributed by atoms with Crippen molar-refractivity contribution in [1.82, 2.24) is 15.5 Å². The second-order valence-corrected chi connectivity index (χ2v) is 6.80. The molecule has 0 fully saturated rings. The van der Waals surface area contributed by atoms with E-state index < -0.39 is 0 Å². The van der Waals surface area contributed by atoms with Crippen molar-refractivity contribution >= 4 is 29.3 Å². The van der Waals surface area contributed by atoms with Crippen LogP contribution in [0.1, 0.15) is 11.1 Å². The highest BCUT2D eigenvalue weighted by molar-refractivity contribution is 7.99. The molecule has 1 N–H and O–H groups in total. The van der Waals surface area contributed by atoms with Crippen LogP contribution in [-0.4, -0.2) is 21.9 Å². The third-order valence-electron chi connectivity index (χ3n) is 3.40. The van der Waals surface area contributed by atoms with E-state index in [1.165, 1.54) is 11.8 Å². The highest BCUT2D eigenvalue weighted by Crippen LogP contribution is 2.23. The maximum absolute atomic E-state index is 11.9. The van der Waals surface area contributed by atoms with E-state index in [1.54, 1.807) is 12.1 Å². The Bertz CT molecular complexity index is 865. The van der Waals surface area contributed by atoms with Crippen molar-refractivity contribution in [2.75, 3.05) is 5.75 Å². The van der Waals surface area contributed by atoms with E-state index in [0.717, 1.165) is 16.7 Å². The number of carbonyl (C=O) groups excluding carboxylic acids is 1. The Balaban J connectivity index is 1.50. The summed E-state index contributed by atoms with van der Waals surface area (Å²) in [7, 11) is 0. The van der Waals surface area contributed by atoms with E-state index in [4.69, 9.17) is 16.0 Å². The molecule has 0 spiro atoms. The van der Waals surface area contributed by atoms with Crippen LogP contribution in [0.15, 0.2) is 58.2 Å². The van der Waals surface area contributed by atoms with E-state index in [0.29, 0.717) is 22.7 Å². The first-order chi connectivity index (χ1) is 12.1. The van der Waals surface area contributed by atoms with E-state index in [-0.39, 0.29) is 11.7 Å². The highest BCUT2D eigenvalue weighted by atomic mass is 35.5. The molecular weight excluding hydrogens is 358 g/mol. The molecule has 7 heteroatoms. The van der Waals surface area contributed by atoms with E-state index in [2.05, 4.69) is 15.5 Å². The molecule has 0 unspecified atom stereocenters. The number of nitrogens with one attached hydrogen (secondary N) is 1. The molecule has 0 aliphatic rings. The molecule has 1 amide bonds. The fourth-order valence-electron chi connectivity index (χ4n) is 2.14. The van der Waals surface area contributed by atoms with Gasteiger partial charge in [0.05, 0.1) is 5.75 Å². The van der Waals surface area contributed by atoms with Gasteiger partial charge in [-0.25, -0.2) is 0 Å². The Morgan fingerprint density at radius 2 is 2.00 bits per heavy atom. The molecule has 0 aliphatic carbocycles. The van der Waals surface area contributed by atoms with Crippen molar-refractivity contribution in [2.45, 2.75) is 18.7 Å². The Hall–Kier alpha value is -2.31. The molecule has 3 aromatic rings. The molecule has 2 aromatic carbocycles. The lowest BCUT2D eigenvalue weighted by Crippen LogP contribution is -2.24. The number of benzene rings is 2. The van der Waals surface area contributed by atoms with Gasteiger partial charge in [-0.3, -0.25) is 4.79 Å². The molecular formula is C18H16ClN3O2S. The zero-order chi connectivity index (χ0) is 17.6. The zero-order valence-electron chi connectivity index (χ0n) is 13.5. The van der Waals surface area contributed by atoms with Gasteiger partial charge in [0.2, 0.25) is 11.8 Å². The smallest absolute Gasteiger partial charge is 0.277 e. The van der Waals surface area contributed by atoms with Crippen LogP contribution in [0.2, 0.25) is 5.02 Å². The van der Waals surface area contributed by atoms with Crippen molar-refractivity contribution in [2.24, 2.45) is 0 Å². The standard InChI is InChI=1S/C18H16ClN3O2S/c1-12-3-2-4-14(9-12)17-21-22-18(24-17)25-11-16(23)20-10-13-5-7-15(19)8-6-13/h2-9H,10-11H2,1H3,(H,20,23). The number of amides is 1. The summed E-state index contributed by atoms with van der Waals surface area (Å²) in [5.74, 6) is 0.561. The summed E-state index contributed by atoms with van der Waals surface area (Å²) in [6.45, 7) is 2.45. The molecule has 0 atom stereocenters. The van der Waals surface area contributed by atoms with Crippen LogP contribution in [0, 0.1) is 6.92 Å². The van der Waals surface area contributed by atoms with Crippen molar-refractivity contribution in [3.63, 3.8) is 0 Å². The average molecular weight is 374 g/mol. The maximum atomic E-state index is 11.9. The normalized spacial score (nSPS) is 10.6. The quantitative estimate of drug-likeness (QED) is 0.658. The number of aromatic nitrogens is 2. The lowest BCUT2D eigenvalue weighted by molar-refractivity contribution is -0.118. The first kappa shape index (κ1) is 17.5. The van der Waals surface area contributed by atoms with Gasteiger partial charge >= 0.3 is 0 Å². The lowest BCUT2D eigenvalue weighted by atomic mass is 10.1. The number of aryl methyl sites for hydroxylation is 1. The number of rotatable bonds is 6. The molecule has 0 aliphatic heterocycles. The first-order valence-electron chi connectivity index (χ1n) is 7.64. The van der Waals surface area contributed by atoms with Crippen LogP contribution in [0.25, 0.3) is 11.5 Å². The lowest BCUT2D eigenvalue weighted by Gasteiger charge is -2.04. The molecule has 0 radical (unpaired) electrons. The summed E-state index contributed by atoms with van der Waals surface area (Å²) in [6, 6.07) is 15.2. The van der Waals surface area contributed by atoms with Crippen LogP contribution in [0.5, 0.6) is 0 Å². The molecule has 1 heterocycles. The first-order valence-corrected chi connectivity index (χ1v) is 9.01. The van der Waals surface area contributed by atoms with Crippen LogP contribution in [0.3, 0.4) is 0 Å². The predicted octanol–water partition coefficient (Wildman–Crippen LogP) is 4.11. The van der Waals surface area contributed by atoms with Crippen molar-refractivity contribution in [3.05, 3.63) is 64.7 Å². The summed E-state index contributed by atoms with van der Waals surface area (Å²) in [5.41, 5.74) is 2.97. The largest absolute Gasteiger partial charge is 0.411 e. The summed E-state index contributed by atoms with van der Waals surface area (Å²) < 4.78 is 5.60. The van der Waals surface area contributed by atoms with Gasteiger partial charge in [-0.2, -0.15) is 0 Å². The number of thioether (sulfide) groups is 1. The molecule has 0 saturated heterocycles. The monoisotopic (exact) mass is 373 g/mol. The van der Waals surface area contributed by atoms with Gasteiger partial charge < -0.3 is 9.73 Å². The van der Waals surface area contributed by atoms with E-state index >= 15 is 0 Å². The second-order valence-electron chi connectivity index (χ2n) is 5.43. The summed E-state index contributed by atoms with van der Waals surface area (Å²) in [5, 5.41) is 11.9. The van der Waals surface area contributed by atoms with Crippen LogP contribution in [-0.2, 0) is 11.3 Å². The van der Waals surface area contributed by atoms with E-state index in [9.17, 15) is 4.79 Å². The van der Waals surface area contributed by atoms with Crippen molar-refractivity contribution in [1.29, 1.82) is 0 Å². The zero-order valence-corrected chi connectivity index (χ0v) is 15.1. The molecule has 0 bridgehead atoms. The van der Waals surface area contributed by atoms with Gasteiger partial charge in [-0.1, -0.05) is 53.2 Å². The minimum atomic E-state index is -0.102. The molecule has 128 valence electrons. The van der Waals surface area contributed by atoms with Crippen molar-refractivity contribution in [3.8, 4) is 11.5 Å². The minimum Gasteiger partial charge on any atom is -0.411 e. The number of carbonyl (C=O) groups is 1. The highest BCUT2D eigenvalue weighted by Gasteiger charge is 2.11. The summed E-state index contributed by atoms with van der Waals surface area (Å²) >= 11 is 7.05. The van der Waals surface area contributed by atoms with Gasteiger partial charge in [0.15, 0.2) is 0 Å². The topological polar surface area (TPSA) is 68.0 Å². The maximum Gasteiger partial charge on any atom is 0.277 e. The van der Waals surface area contributed by atoms with Gasteiger partial charge in [-0.15, -0.1) is 10.2 Å². The van der Waals surface area contributed by atoms with Gasteiger partial charge in [-0.05, 0) is 36.8 Å². The molecule has 5 nitrogen and oxygen atoms in total. The Morgan fingerprint density at radius 3 is 2.76 bits per heavy atom. The predicted molar refractivity (Wildman–Crippen MR) is 98.5 cm³/mol. The Labute approximate surface area is 154 Å². The third kappa shape index (κ3) is 5.08. The van der Waals surface area contributed by atoms with E-state index in [1.807, 2.05) is 43.3 Å². The second kappa shape index (κ2) is 8.18.